The first kappa shape index (κ1) is 17.4. The fourth-order valence-corrected chi connectivity index (χ4v) is 3.15. The molecular weight excluding hydrogens is 340 g/mol. The van der Waals surface area contributed by atoms with Crippen LogP contribution in [0.25, 0.3) is 0 Å². The van der Waals surface area contributed by atoms with E-state index >= 15 is 0 Å². The van der Waals surface area contributed by atoms with Crippen LogP contribution in [0.4, 0.5) is 17.3 Å². The van der Waals surface area contributed by atoms with Gasteiger partial charge in [0.05, 0.1) is 30.7 Å². The van der Waals surface area contributed by atoms with Crippen LogP contribution in [0.2, 0.25) is 0 Å². The molecule has 4 heterocycles. The van der Waals surface area contributed by atoms with Crippen molar-refractivity contribution in [3.63, 3.8) is 0 Å². The van der Waals surface area contributed by atoms with E-state index in [-0.39, 0.29) is 6.10 Å². The van der Waals surface area contributed by atoms with E-state index in [9.17, 15) is 0 Å². The van der Waals surface area contributed by atoms with Crippen molar-refractivity contribution in [2.24, 2.45) is 0 Å². The molecule has 1 N–H and O–H groups in total. The second kappa shape index (κ2) is 7.67. The summed E-state index contributed by atoms with van der Waals surface area (Å²) in [6.45, 7) is 6.08. The van der Waals surface area contributed by atoms with Crippen LogP contribution in [-0.2, 0) is 4.74 Å². The van der Waals surface area contributed by atoms with Crippen molar-refractivity contribution >= 4 is 17.3 Å². The Morgan fingerprint density at radius 2 is 2.04 bits per heavy atom. The van der Waals surface area contributed by atoms with Crippen molar-refractivity contribution in [2.75, 3.05) is 29.9 Å². The fraction of sp³-hybridized carbons (Fsp3) is 0.300. The number of nitrogens with one attached hydrogen (secondary N) is 1. The second-order valence-electron chi connectivity index (χ2n) is 6.53. The van der Waals surface area contributed by atoms with Crippen LogP contribution in [-0.4, -0.2) is 39.6 Å². The van der Waals surface area contributed by atoms with E-state index in [0.717, 1.165) is 47.6 Å². The average Bonchev–Trinajstić information content (AvgIpc) is 2.69. The summed E-state index contributed by atoms with van der Waals surface area (Å²) in [5, 5.41) is 3.24. The fourth-order valence-electron chi connectivity index (χ4n) is 3.15. The minimum absolute atomic E-state index is 0.0850. The number of hydrogen-bond donors (Lipinski definition) is 1. The van der Waals surface area contributed by atoms with Crippen LogP contribution < -0.4 is 10.2 Å². The molecule has 1 aliphatic heterocycles. The number of aromatic nitrogens is 4. The summed E-state index contributed by atoms with van der Waals surface area (Å²) in [6, 6.07) is 11.8. The van der Waals surface area contributed by atoms with Crippen LogP contribution in [0, 0.1) is 13.8 Å². The molecule has 0 aliphatic carbocycles. The van der Waals surface area contributed by atoms with Crippen molar-refractivity contribution in [2.45, 2.75) is 20.0 Å². The number of rotatable bonds is 4. The molecule has 4 rings (SSSR count). The Bertz CT molecular complexity index is 880. The largest absolute Gasteiger partial charge is 0.368 e. The minimum atomic E-state index is -0.0850. The van der Waals surface area contributed by atoms with Crippen LogP contribution >= 0.6 is 0 Å². The van der Waals surface area contributed by atoms with Crippen molar-refractivity contribution in [1.29, 1.82) is 0 Å². The van der Waals surface area contributed by atoms with Crippen molar-refractivity contribution in [3.8, 4) is 0 Å². The van der Waals surface area contributed by atoms with Gasteiger partial charge < -0.3 is 15.0 Å². The molecular formula is C20H22N6O. The molecule has 1 fully saturated rings. The molecule has 27 heavy (non-hydrogen) atoms. The highest BCUT2D eigenvalue weighted by atomic mass is 16.5. The average molecular weight is 362 g/mol. The molecule has 138 valence electrons. The lowest BCUT2D eigenvalue weighted by Crippen LogP contribution is -2.39. The van der Waals surface area contributed by atoms with Gasteiger partial charge in [0.15, 0.2) is 0 Å². The van der Waals surface area contributed by atoms with Gasteiger partial charge in [-0.3, -0.25) is 4.98 Å². The summed E-state index contributed by atoms with van der Waals surface area (Å²) in [7, 11) is 0. The molecule has 0 aromatic carbocycles. The van der Waals surface area contributed by atoms with E-state index in [2.05, 4.69) is 30.2 Å². The van der Waals surface area contributed by atoms with Gasteiger partial charge in [-0.05, 0) is 38.1 Å². The maximum Gasteiger partial charge on any atom is 0.132 e. The Labute approximate surface area is 158 Å². The van der Waals surface area contributed by atoms with Gasteiger partial charge in [0.25, 0.3) is 0 Å². The number of pyridine rings is 2. The predicted octanol–water partition coefficient (Wildman–Crippen LogP) is 3.20. The Kier molecular flexibility index (Phi) is 4.93. The summed E-state index contributed by atoms with van der Waals surface area (Å²) in [6.07, 6.45) is 3.48. The van der Waals surface area contributed by atoms with E-state index in [1.54, 1.807) is 6.20 Å². The van der Waals surface area contributed by atoms with Crippen LogP contribution in [0.1, 0.15) is 23.3 Å². The number of morpholine rings is 1. The number of aryl methyl sites for hydroxylation is 2. The highest BCUT2D eigenvalue weighted by Gasteiger charge is 2.24. The van der Waals surface area contributed by atoms with E-state index in [0.29, 0.717) is 6.61 Å². The third-order valence-electron chi connectivity index (χ3n) is 4.40. The monoisotopic (exact) mass is 362 g/mol. The number of nitrogens with zero attached hydrogens (tertiary/aromatic N) is 5. The molecule has 0 amide bonds. The lowest BCUT2D eigenvalue weighted by molar-refractivity contribution is 0.0367. The SMILES string of the molecule is Cc1cc(N2CCO[C@@H](c3ccc(Nc4ccccn4)cn3)C2)nc(C)n1. The topological polar surface area (TPSA) is 76.1 Å². The maximum absolute atomic E-state index is 5.95. The normalized spacial score (nSPS) is 17.0. The van der Waals surface area contributed by atoms with E-state index < -0.39 is 0 Å². The van der Waals surface area contributed by atoms with Crippen molar-refractivity contribution < 1.29 is 4.74 Å². The highest BCUT2D eigenvalue weighted by molar-refractivity contribution is 5.54. The molecule has 1 saturated heterocycles. The molecule has 0 unspecified atom stereocenters. The van der Waals surface area contributed by atoms with E-state index in [1.807, 2.05) is 56.4 Å². The van der Waals surface area contributed by atoms with Gasteiger partial charge in [-0.2, -0.15) is 0 Å². The first-order valence-electron chi connectivity index (χ1n) is 9.00. The summed E-state index contributed by atoms with van der Waals surface area (Å²) in [4.78, 5) is 20.0. The first-order chi connectivity index (χ1) is 13.2. The zero-order valence-electron chi connectivity index (χ0n) is 15.5. The van der Waals surface area contributed by atoms with Gasteiger partial charge >= 0.3 is 0 Å². The van der Waals surface area contributed by atoms with Crippen molar-refractivity contribution in [3.05, 3.63) is 66.0 Å². The summed E-state index contributed by atoms with van der Waals surface area (Å²) >= 11 is 0. The van der Waals surface area contributed by atoms with E-state index in [1.165, 1.54) is 0 Å². The molecule has 7 heteroatoms. The number of anilines is 3. The van der Waals surface area contributed by atoms with Crippen molar-refractivity contribution in [1.82, 2.24) is 19.9 Å². The maximum atomic E-state index is 5.95. The standard InChI is InChI=1S/C20H22N6O/c1-14-11-20(24-15(2)23-14)26-9-10-27-18(13-26)17-7-6-16(12-22-17)25-19-5-3-4-8-21-19/h3-8,11-12,18H,9-10,13H2,1-2H3,(H,21,25)/t18-/m1/s1. The Morgan fingerprint density at radius 3 is 2.78 bits per heavy atom. The molecule has 3 aromatic rings. The molecule has 1 aliphatic rings. The van der Waals surface area contributed by atoms with Gasteiger partial charge in [-0.15, -0.1) is 0 Å². The number of ether oxygens (including phenoxy) is 1. The van der Waals surface area contributed by atoms with Gasteiger partial charge in [0.1, 0.15) is 23.6 Å². The molecule has 3 aromatic heterocycles. The van der Waals surface area contributed by atoms with Gasteiger partial charge in [-0.1, -0.05) is 6.07 Å². The summed E-state index contributed by atoms with van der Waals surface area (Å²) in [5.41, 5.74) is 2.78. The molecule has 0 radical (unpaired) electrons. The molecule has 0 bridgehead atoms. The third-order valence-corrected chi connectivity index (χ3v) is 4.40. The Hall–Kier alpha value is -3.06. The van der Waals surface area contributed by atoms with Crippen LogP contribution in [0.15, 0.2) is 48.8 Å². The molecule has 0 saturated carbocycles. The summed E-state index contributed by atoms with van der Waals surface area (Å²) < 4.78 is 5.95. The van der Waals surface area contributed by atoms with Crippen LogP contribution in [0.5, 0.6) is 0 Å². The van der Waals surface area contributed by atoms with Gasteiger partial charge in [-0.25, -0.2) is 15.0 Å². The highest BCUT2D eigenvalue weighted by Crippen LogP contribution is 2.25. The zero-order valence-corrected chi connectivity index (χ0v) is 15.5. The number of hydrogen-bond acceptors (Lipinski definition) is 7. The lowest BCUT2D eigenvalue weighted by Gasteiger charge is -2.33. The second-order valence-corrected chi connectivity index (χ2v) is 6.53. The zero-order chi connectivity index (χ0) is 18.6. The predicted molar refractivity (Wildman–Crippen MR) is 104 cm³/mol. The molecule has 0 spiro atoms. The van der Waals surface area contributed by atoms with E-state index in [4.69, 9.17) is 4.74 Å². The minimum Gasteiger partial charge on any atom is -0.368 e. The Balaban J connectivity index is 1.46. The van der Waals surface area contributed by atoms with Gasteiger partial charge in [0.2, 0.25) is 0 Å². The Morgan fingerprint density at radius 1 is 1.11 bits per heavy atom. The molecule has 7 nitrogen and oxygen atoms in total. The van der Waals surface area contributed by atoms with Crippen LogP contribution in [0.3, 0.4) is 0 Å². The lowest BCUT2D eigenvalue weighted by atomic mass is 10.1. The third kappa shape index (κ3) is 4.20. The molecule has 1 atom stereocenters. The summed E-state index contributed by atoms with van der Waals surface area (Å²) in [5.74, 6) is 2.53. The smallest absolute Gasteiger partial charge is 0.132 e. The first-order valence-corrected chi connectivity index (χ1v) is 9.00. The van der Waals surface area contributed by atoms with Gasteiger partial charge in [0, 0.05) is 24.5 Å². The quantitative estimate of drug-likeness (QED) is 0.764.